The lowest BCUT2D eigenvalue weighted by atomic mass is 9.96. The fourth-order valence-corrected chi connectivity index (χ4v) is 6.73. The number of carbonyl (C=O) groups excluding carboxylic acids is 2. The van der Waals surface area contributed by atoms with Gasteiger partial charge < -0.3 is 9.47 Å². The molecule has 220 valence electrons. The van der Waals surface area contributed by atoms with Crippen LogP contribution in [0.2, 0.25) is 10.0 Å². The molecule has 0 amide bonds. The Morgan fingerprint density at radius 2 is 1.50 bits per heavy atom. The summed E-state index contributed by atoms with van der Waals surface area (Å²) in [6.45, 7) is 4.47. The summed E-state index contributed by atoms with van der Waals surface area (Å²) in [6.07, 6.45) is 0.734. The highest BCUT2D eigenvalue weighted by molar-refractivity contribution is 7.93. The van der Waals surface area contributed by atoms with Gasteiger partial charge in [-0.05, 0) is 74.5 Å². The van der Waals surface area contributed by atoms with Gasteiger partial charge in [-0.15, -0.1) is 0 Å². The molecule has 0 heterocycles. The van der Waals surface area contributed by atoms with E-state index in [2.05, 4.69) is 0 Å². The summed E-state index contributed by atoms with van der Waals surface area (Å²) >= 11 is 12.3. The monoisotopic (exact) mass is 627 g/mol. The first-order valence-electron chi connectivity index (χ1n) is 13.2. The van der Waals surface area contributed by atoms with E-state index in [1.165, 1.54) is 18.2 Å². The van der Waals surface area contributed by atoms with Gasteiger partial charge in [0.2, 0.25) is 0 Å². The van der Waals surface area contributed by atoms with E-state index in [1.54, 1.807) is 64.3 Å². The fourth-order valence-electron chi connectivity index (χ4n) is 4.57. The zero-order valence-corrected chi connectivity index (χ0v) is 26.0. The number of Topliss-reactive ketones (excluding diaryl/α,β-unsaturated/α-hetero) is 1. The summed E-state index contributed by atoms with van der Waals surface area (Å²) in [7, 11) is -2.77. The molecule has 4 rings (SSSR count). The van der Waals surface area contributed by atoms with Crippen molar-refractivity contribution in [3.63, 3.8) is 0 Å². The minimum Gasteiger partial charge on any atom is -0.497 e. The summed E-state index contributed by atoms with van der Waals surface area (Å²) in [4.78, 5) is 26.2. The van der Waals surface area contributed by atoms with Crippen molar-refractivity contribution < 1.29 is 27.5 Å². The van der Waals surface area contributed by atoms with E-state index in [-0.39, 0.29) is 32.8 Å². The summed E-state index contributed by atoms with van der Waals surface area (Å²) in [5.74, 6) is -0.146. The first-order valence-corrected chi connectivity index (χ1v) is 15.4. The maximum atomic E-state index is 14.0. The number of hydrogen-bond acceptors (Lipinski definition) is 6. The zero-order chi connectivity index (χ0) is 30.7. The lowest BCUT2D eigenvalue weighted by Gasteiger charge is -2.27. The van der Waals surface area contributed by atoms with Crippen LogP contribution in [-0.4, -0.2) is 39.4 Å². The van der Waals surface area contributed by atoms with Gasteiger partial charge in [0.05, 0.1) is 17.7 Å². The van der Waals surface area contributed by atoms with Crippen LogP contribution in [0.5, 0.6) is 5.75 Å². The molecule has 0 saturated heterocycles. The Kier molecular flexibility index (Phi) is 9.50. The van der Waals surface area contributed by atoms with Crippen molar-refractivity contribution in [2.45, 2.75) is 44.1 Å². The molecule has 0 atom stereocenters. The third-order valence-electron chi connectivity index (χ3n) is 6.36. The van der Waals surface area contributed by atoms with Crippen molar-refractivity contribution in [2.24, 2.45) is 0 Å². The molecule has 0 aromatic heterocycles. The van der Waals surface area contributed by atoms with E-state index >= 15 is 0 Å². The van der Waals surface area contributed by atoms with Crippen molar-refractivity contribution in [1.82, 2.24) is 0 Å². The summed E-state index contributed by atoms with van der Waals surface area (Å²) < 4.78 is 39.8. The molecule has 0 aliphatic rings. The Hall–Kier alpha value is -3.59. The van der Waals surface area contributed by atoms with E-state index in [0.717, 1.165) is 9.87 Å². The molecule has 0 N–H and O–H groups in total. The van der Waals surface area contributed by atoms with Gasteiger partial charge in [-0.2, -0.15) is 0 Å². The van der Waals surface area contributed by atoms with Crippen molar-refractivity contribution in [3.8, 4) is 5.75 Å². The molecule has 4 aromatic carbocycles. The Morgan fingerprint density at radius 3 is 2.17 bits per heavy atom. The van der Waals surface area contributed by atoms with Crippen molar-refractivity contribution >= 4 is 61.4 Å². The number of ketones is 1. The fraction of sp³-hybridized carbons (Fsp3) is 0.250. The number of methoxy groups -OCH3 is 1. The molecule has 42 heavy (non-hydrogen) atoms. The predicted molar refractivity (Wildman–Crippen MR) is 166 cm³/mol. The van der Waals surface area contributed by atoms with Gasteiger partial charge in [-0.3, -0.25) is 13.9 Å². The van der Waals surface area contributed by atoms with Crippen LogP contribution >= 0.6 is 23.2 Å². The van der Waals surface area contributed by atoms with Crippen molar-refractivity contribution in [3.05, 3.63) is 100 Å². The summed E-state index contributed by atoms with van der Waals surface area (Å²) in [5.41, 5.74) is 0.764. The second-order valence-corrected chi connectivity index (χ2v) is 13.4. The maximum Gasteiger partial charge on any atom is 0.327 e. The third kappa shape index (κ3) is 7.43. The summed E-state index contributed by atoms with van der Waals surface area (Å²) in [5, 5.41) is 1.28. The lowest BCUT2D eigenvalue weighted by molar-refractivity contribution is -0.152. The number of carbonyl (C=O) groups is 2. The molecule has 0 unspecified atom stereocenters. The zero-order valence-electron chi connectivity index (χ0n) is 23.7. The number of anilines is 1. The number of fused-ring (bicyclic) bond motifs is 1. The normalized spacial score (nSPS) is 11.8. The Bertz CT molecular complexity index is 1730. The van der Waals surface area contributed by atoms with Crippen molar-refractivity contribution in [2.75, 3.05) is 18.0 Å². The highest BCUT2D eigenvalue weighted by Crippen LogP contribution is 2.35. The number of benzene rings is 4. The average Bonchev–Trinajstić information content (AvgIpc) is 2.92. The molecule has 0 fully saturated rings. The Labute approximate surface area is 256 Å². The molecule has 10 heteroatoms. The number of ether oxygens (including phenoxy) is 2. The second kappa shape index (κ2) is 12.7. The summed E-state index contributed by atoms with van der Waals surface area (Å²) in [6, 6.07) is 21.6. The smallest absolute Gasteiger partial charge is 0.327 e. The first-order chi connectivity index (χ1) is 19.8. The average molecular weight is 629 g/mol. The van der Waals surface area contributed by atoms with Crippen LogP contribution in [0.25, 0.3) is 10.8 Å². The maximum absolute atomic E-state index is 14.0. The highest BCUT2D eigenvalue weighted by atomic mass is 35.5. The van der Waals surface area contributed by atoms with Crippen molar-refractivity contribution in [1.29, 1.82) is 0 Å². The van der Waals surface area contributed by atoms with E-state index in [9.17, 15) is 18.0 Å². The van der Waals surface area contributed by atoms with E-state index in [4.69, 9.17) is 32.7 Å². The molecular weight excluding hydrogens is 597 g/mol. The van der Waals surface area contributed by atoms with Crippen LogP contribution in [0.1, 0.15) is 43.1 Å². The minimum absolute atomic E-state index is 0.108. The topological polar surface area (TPSA) is 90.0 Å². The van der Waals surface area contributed by atoms with Crippen LogP contribution in [0.15, 0.2) is 83.8 Å². The number of aryl methyl sites for hydroxylation is 1. The van der Waals surface area contributed by atoms with Crippen LogP contribution in [0, 0.1) is 0 Å². The highest BCUT2D eigenvalue weighted by Gasteiger charge is 2.31. The third-order valence-corrected chi connectivity index (χ3v) is 8.53. The predicted octanol–water partition coefficient (Wildman–Crippen LogP) is 7.51. The van der Waals surface area contributed by atoms with Gasteiger partial charge in [0.1, 0.15) is 17.9 Å². The second-order valence-electron chi connectivity index (χ2n) is 10.7. The van der Waals surface area contributed by atoms with E-state index in [0.29, 0.717) is 28.5 Å². The standard InChI is InChI=1S/C32H31Cl2NO6S/c1-32(2,3)41-31(37)20-35(42(38,39)25-18-22(33)17-23(34)19-25)29-13-7-10-26-27(29)11-6-12-28(26)30(36)15-14-21-8-5-9-24(16-21)40-4/h5-13,16-19H,14-15,20H2,1-4H3. The molecule has 0 spiro atoms. The van der Waals surface area contributed by atoms with Crippen LogP contribution in [-0.2, 0) is 26.0 Å². The van der Waals surface area contributed by atoms with Crippen LogP contribution < -0.4 is 9.04 Å². The quantitative estimate of drug-likeness (QED) is 0.133. The Balaban J connectivity index is 1.78. The molecule has 0 aliphatic heterocycles. The number of esters is 1. The van der Waals surface area contributed by atoms with Crippen LogP contribution in [0.4, 0.5) is 5.69 Å². The number of halogens is 2. The van der Waals surface area contributed by atoms with Gasteiger partial charge in [-0.25, -0.2) is 8.42 Å². The number of hydrogen-bond donors (Lipinski definition) is 0. The van der Waals surface area contributed by atoms with E-state index in [1.807, 2.05) is 24.3 Å². The molecular formula is C32H31Cl2NO6S. The molecule has 0 bridgehead atoms. The van der Waals surface area contributed by atoms with Gasteiger partial charge in [-0.1, -0.05) is 65.7 Å². The Morgan fingerprint density at radius 1 is 0.857 bits per heavy atom. The van der Waals surface area contributed by atoms with Crippen LogP contribution in [0.3, 0.4) is 0 Å². The van der Waals surface area contributed by atoms with Gasteiger partial charge in [0.25, 0.3) is 10.0 Å². The number of rotatable bonds is 10. The minimum atomic E-state index is -4.36. The van der Waals surface area contributed by atoms with Gasteiger partial charge in [0.15, 0.2) is 5.78 Å². The molecule has 0 aliphatic carbocycles. The first kappa shape index (κ1) is 31.3. The lowest BCUT2D eigenvalue weighted by Crippen LogP contribution is -2.39. The van der Waals surface area contributed by atoms with E-state index < -0.39 is 28.1 Å². The number of sulfonamides is 1. The molecule has 4 aromatic rings. The van der Waals surface area contributed by atoms with Gasteiger partial charge in [0, 0.05) is 27.4 Å². The number of nitrogens with zero attached hydrogens (tertiary/aromatic N) is 1. The molecule has 7 nitrogen and oxygen atoms in total. The largest absolute Gasteiger partial charge is 0.497 e. The molecule has 0 radical (unpaired) electrons. The van der Waals surface area contributed by atoms with Gasteiger partial charge >= 0.3 is 5.97 Å². The SMILES string of the molecule is COc1cccc(CCC(=O)c2cccc3c(N(CC(=O)OC(C)(C)C)S(=O)(=O)c4cc(Cl)cc(Cl)c4)cccc23)c1. The molecule has 0 saturated carbocycles.